The van der Waals surface area contributed by atoms with Gasteiger partial charge in [0.2, 0.25) is 0 Å². The molecule has 0 saturated heterocycles. The summed E-state index contributed by atoms with van der Waals surface area (Å²) in [5.41, 5.74) is 1.02. The van der Waals surface area contributed by atoms with E-state index in [1.54, 1.807) is 6.92 Å². The van der Waals surface area contributed by atoms with E-state index in [9.17, 15) is 14.7 Å². The number of hydrogen-bond acceptors (Lipinski definition) is 3. The number of allylic oxidation sites excluding steroid dienone is 2. The minimum Gasteiger partial charge on any atom is -0.393 e. The van der Waals surface area contributed by atoms with Crippen LogP contribution in [0.5, 0.6) is 0 Å². The minimum atomic E-state index is -0.280. The van der Waals surface area contributed by atoms with Gasteiger partial charge in [-0.15, -0.1) is 0 Å². The molecule has 5 aliphatic carbocycles. The van der Waals surface area contributed by atoms with Gasteiger partial charge in [-0.05, 0) is 110 Å². The van der Waals surface area contributed by atoms with E-state index >= 15 is 0 Å². The molecule has 0 aromatic carbocycles. The molecule has 0 bridgehead atoms. The molecule has 3 heteroatoms. The van der Waals surface area contributed by atoms with Crippen molar-refractivity contribution in [2.45, 2.75) is 119 Å². The van der Waals surface area contributed by atoms with Crippen LogP contribution in [-0.2, 0) is 9.59 Å². The lowest BCUT2D eigenvalue weighted by molar-refractivity contribution is -0.202. The van der Waals surface area contributed by atoms with Gasteiger partial charge in [0.05, 0.1) is 6.10 Å². The Morgan fingerprint density at radius 2 is 1.56 bits per heavy atom. The lowest BCUT2D eigenvalue weighted by Crippen LogP contribution is -2.66. The third-order valence-electron chi connectivity index (χ3n) is 13.4. The third-order valence-corrected chi connectivity index (χ3v) is 13.4. The molecule has 0 spiro atoms. The normalized spacial score (nSPS) is 54.1. The zero-order chi connectivity index (χ0) is 25.1. The number of aliphatic hydroxyl groups excluding tert-OH is 1. The van der Waals surface area contributed by atoms with Crippen molar-refractivity contribution in [3.63, 3.8) is 0 Å². The zero-order valence-corrected chi connectivity index (χ0v) is 23.0. The molecule has 0 aromatic rings. The number of hydrogen-bond donors (Lipinski definition) is 1. The summed E-state index contributed by atoms with van der Waals surface area (Å²) in [6.45, 7) is 18.1. The second kappa shape index (κ2) is 7.08. The van der Waals surface area contributed by atoms with Gasteiger partial charge in [0, 0.05) is 11.3 Å². The number of rotatable bonds is 1. The molecule has 0 unspecified atom stereocenters. The predicted octanol–water partition coefficient (Wildman–Crippen LogP) is 6.92. The molecule has 5 aliphatic rings. The molecular formula is C31H48O3. The predicted molar refractivity (Wildman–Crippen MR) is 136 cm³/mol. The Hall–Kier alpha value is -0.960. The van der Waals surface area contributed by atoms with E-state index in [2.05, 4.69) is 54.5 Å². The molecule has 1 N–H and O–H groups in total. The van der Waals surface area contributed by atoms with Crippen LogP contribution in [0.25, 0.3) is 0 Å². The average Bonchev–Trinajstić information content (AvgIpc) is 2.73. The van der Waals surface area contributed by atoms with Crippen molar-refractivity contribution in [3.8, 4) is 0 Å². The molecule has 4 fully saturated rings. The monoisotopic (exact) mass is 468 g/mol. The van der Waals surface area contributed by atoms with Crippen molar-refractivity contribution >= 4 is 11.6 Å². The molecule has 9 atom stereocenters. The van der Waals surface area contributed by atoms with Gasteiger partial charge < -0.3 is 5.11 Å². The molecule has 0 heterocycles. The highest BCUT2D eigenvalue weighted by molar-refractivity contribution is 5.95. The van der Waals surface area contributed by atoms with Gasteiger partial charge in [0.25, 0.3) is 0 Å². The summed E-state index contributed by atoms with van der Waals surface area (Å²) < 4.78 is 0. The highest BCUT2D eigenvalue weighted by atomic mass is 16.3. The molecule has 5 rings (SSSR count). The second-order valence-corrected chi connectivity index (χ2v) is 15.2. The van der Waals surface area contributed by atoms with Crippen molar-refractivity contribution < 1.29 is 14.7 Å². The van der Waals surface area contributed by atoms with E-state index in [1.807, 2.05) is 0 Å². The third kappa shape index (κ3) is 2.86. The lowest BCUT2D eigenvalue weighted by Gasteiger charge is -2.70. The standard InChI is InChI=1S/C31H48O3/c1-19(32)28(5)14-13-27(4)15-16-30(7)20(21(27)18-28)17-22(33)25-29(6)11-10-24(34)26(2,3)23(29)9-12-31(25,30)8/h17,21,23-25,34H,9-16,18H2,1-8H3/t21-,23+,24+,25-,27-,28+,29+,30-,31-/m1/s1. The fraction of sp³-hybridized carbons (Fsp3) is 0.871. The fourth-order valence-electron chi connectivity index (χ4n) is 10.5. The minimum absolute atomic E-state index is 0.00101. The molecule has 0 aliphatic heterocycles. The van der Waals surface area contributed by atoms with Crippen molar-refractivity contribution in [3.05, 3.63) is 11.6 Å². The first-order valence-corrected chi connectivity index (χ1v) is 14.0. The Kier molecular flexibility index (Phi) is 5.15. The SMILES string of the molecule is CC(=O)[C@@]1(C)CC[C@]2(C)CC[C@]3(C)C(=CC(=O)[C@@H]4[C@@]5(C)CC[C@H](O)C(C)(C)[C@@H]5CC[C@]43C)[C@H]2C1. The zero-order valence-electron chi connectivity index (χ0n) is 23.0. The summed E-state index contributed by atoms with van der Waals surface area (Å²) >= 11 is 0. The number of Topliss-reactive ketones (excluding diaryl/α,β-unsaturated/α-hetero) is 1. The Balaban J connectivity index is 1.62. The Morgan fingerprint density at radius 3 is 2.21 bits per heavy atom. The quantitative estimate of drug-likeness (QED) is 0.454. The Bertz CT molecular complexity index is 962. The van der Waals surface area contributed by atoms with E-state index in [4.69, 9.17) is 0 Å². The van der Waals surface area contributed by atoms with Crippen LogP contribution < -0.4 is 0 Å². The van der Waals surface area contributed by atoms with Crippen LogP contribution in [0.3, 0.4) is 0 Å². The maximum Gasteiger partial charge on any atom is 0.159 e. The maximum absolute atomic E-state index is 14.3. The average molecular weight is 469 g/mol. The van der Waals surface area contributed by atoms with Crippen molar-refractivity contribution in [2.75, 3.05) is 0 Å². The van der Waals surface area contributed by atoms with Crippen LogP contribution in [0.4, 0.5) is 0 Å². The number of carbonyl (C=O) groups excluding carboxylic acids is 2. The molecule has 0 radical (unpaired) electrons. The summed E-state index contributed by atoms with van der Waals surface area (Å²) in [6.07, 6.45) is 11.0. The summed E-state index contributed by atoms with van der Waals surface area (Å²) in [4.78, 5) is 26.9. The van der Waals surface area contributed by atoms with Gasteiger partial charge in [-0.3, -0.25) is 9.59 Å². The van der Waals surface area contributed by atoms with E-state index in [1.165, 1.54) is 12.0 Å². The Morgan fingerprint density at radius 1 is 0.912 bits per heavy atom. The smallest absolute Gasteiger partial charge is 0.159 e. The summed E-state index contributed by atoms with van der Waals surface area (Å²) in [5.74, 6) is 1.37. The molecule has 0 amide bonds. The summed E-state index contributed by atoms with van der Waals surface area (Å²) in [6, 6.07) is 0. The molecule has 190 valence electrons. The number of aliphatic hydroxyl groups is 1. The highest BCUT2D eigenvalue weighted by Crippen LogP contribution is 2.75. The molecule has 34 heavy (non-hydrogen) atoms. The first-order valence-electron chi connectivity index (χ1n) is 14.0. The highest BCUT2D eigenvalue weighted by Gasteiger charge is 2.70. The van der Waals surface area contributed by atoms with Crippen LogP contribution in [0.15, 0.2) is 11.6 Å². The van der Waals surface area contributed by atoms with E-state index in [0.717, 1.165) is 51.4 Å². The molecule has 3 nitrogen and oxygen atoms in total. The van der Waals surface area contributed by atoms with Gasteiger partial charge in [-0.25, -0.2) is 0 Å². The lowest BCUT2D eigenvalue weighted by atomic mass is 9.33. The van der Waals surface area contributed by atoms with Crippen LogP contribution in [0.2, 0.25) is 0 Å². The van der Waals surface area contributed by atoms with E-state index in [-0.39, 0.29) is 44.5 Å². The molecule has 4 saturated carbocycles. The maximum atomic E-state index is 14.3. The van der Waals surface area contributed by atoms with Crippen LogP contribution >= 0.6 is 0 Å². The summed E-state index contributed by atoms with van der Waals surface area (Å²) in [5, 5.41) is 10.9. The van der Waals surface area contributed by atoms with E-state index in [0.29, 0.717) is 23.4 Å². The van der Waals surface area contributed by atoms with Crippen molar-refractivity contribution in [2.24, 2.45) is 50.2 Å². The van der Waals surface area contributed by atoms with Gasteiger partial charge in [-0.2, -0.15) is 0 Å². The van der Waals surface area contributed by atoms with Crippen molar-refractivity contribution in [1.29, 1.82) is 0 Å². The van der Waals surface area contributed by atoms with Crippen molar-refractivity contribution in [1.82, 2.24) is 0 Å². The number of carbonyl (C=O) groups is 2. The van der Waals surface area contributed by atoms with Gasteiger partial charge >= 0.3 is 0 Å². The fourth-order valence-corrected chi connectivity index (χ4v) is 10.5. The first-order chi connectivity index (χ1) is 15.6. The largest absolute Gasteiger partial charge is 0.393 e. The molecular weight excluding hydrogens is 420 g/mol. The van der Waals surface area contributed by atoms with Gasteiger partial charge in [0.1, 0.15) is 5.78 Å². The van der Waals surface area contributed by atoms with Gasteiger partial charge in [0.15, 0.2) is 5.78 Å². The Labute approximate surface area is 207 Å². The number of fused-ring (bicyclic) bond motifs is 7. The van der Waals surface area contributed by atoms with E-state index < -0.39 is 0 Å². The van der Waals surface area contributed by atoms with Gasteiger partial charge in [-0.1, -0.05) is 54.0 Å². The number of ketones is 2. The first kappa shape index (κ1) is 24.7. The molecule has 0 aromatic heterocycles. The van der Waals surface area contributed by atoms with Crippen LogP contribution in [-0.4, -0.2) is 22.8 Å². The van der Waals surface area contributed by atoms with Crippen LogP contribution in [0, 0.1) is 50.2 Å². The van der Waals surface area contributed by atoms with Crippen LogP contribution in [0.1, 0.15) is 113 Å². The summed E-state index contributed by atoms with van der Waals surface area (Å²) in [7, 11) is 0. The topological polar surface area (TPSA) is 54.4 Å². The second-order valence-electron chi connectivity index (χ2n) is 15.2.